The lowest BCUT2D eigenvalue weighted by atomic mass is 9.99. The van der Waals surface area contributed by atoms with E-state index in [0.717, 1.165) is 22.5 Å². The van der Waals surface area contributed by atoms with E-state index >= 15 is 0 Å². The second-order valence-electron chi connectivity index (χ2n) is 6.40. The molecule has 26 heavy (non-hydrogen) atoms. The van der Waals surface area contributed by atoms with Crippen molar-refractivity contribution in [3.8, 4) is 0 Å². The van der Waals surface area contributed by atoms with Crippen molar-refractivity contribution in [2.45, 2.75) is 39.5 Å². The predicted molar refractivity (Wildman–Crippen MR) is 93.1 cm³/mol. The summed E-state index contributed by atoms with van der Waals surface area (Å²) >= 11 is 0. The number of nitrogens with zero attached hydrogens (tertiary/aromatic N) is 1. The molecule has 7 nitrogen and oxygen atoms in total. The fourth-order valence-electron chi connectivity index (χ4n) is 2.98. The van der Waals surface area contributed by atoms with Gasteiger partial charge in [0.2, 0.25) is 5.91 Å². The minimum absolute atomic E-state index is 0.0876. The Morgan fingerprint density at radius 1 is 1.31 bits per heavy atom. The van der Waals surface area contributed by atoms with Crippen LogP contribution in [0.25, 0.3) is 0 Å². The van der Waals surface area contributed by atoms with Gasteiger partial charge in [0.05, 0.1) is 11.6 Å². The highest BCUT2D eigenvalue weighted by atomic mass is 16.5. The molecule has 0 unspecified atom stereocenters. The second-order valence-corrected chi connectivity index (χ2v) is 6.40. The minimum Gasteiger partial charge on any atom is -0.457 e. The van der Waals surface area contributed by atoms with E-state index in [1.54, 1.807) is 32.0 Å². The Balaban J connectivity index is 1.54. The number of benzene rings is 1. The van der Waals surface area contributed by atoms with Gasteiger partial charge in [-0.3, -0.25) is 14.4 Å². The van der Waals surface area contributed by atoms with Crippen molar-refractivity contribution in [1.82, 2.24) is 5.16 Å². The number of fused-ring (bicyclic) bond motifs is 1. The molecule has 0 spiro atoms. The van der Waals surface area contributed by atoms with Crippen molar-refractivity contribution in [3.05, 3.63) is 46.3 Å². The molecule has 0 saturated carbocycles. The lowest BCUT2D eigenvalue weighted by molar-refractivity contribution is -0.142. The van der Waals surface area contributed by atoms with Gasteiger partial charge in [-0.1, -0.05) is 5.16 Å². The van der Waals surface area contributed by atoms with Gasteiger partial charge >= 0.3 is 5.97 Å². The van der Waals surface area contributed by atoms with E-state index in [4.69, 9.17) is 9.26 Å². The van der Waals surface area contributed by atoms with Crippen molar-refractivity contribution in [2.24, 2.45) is 0 Å². The van der Waals surface area contributed by atoms with Crippen molar-refractivity contribution >= 4 is 23.3 Å². The molecule has 1 atom stereocenters. The highest BCUT2D eigenvalue weighted by molar-refractivity contribution is 6.05. The molecule has 1 N–H and O–H groups in total. The Kier molecular flexibility index (Phi) is 4.88. The predicted octanol–water partition coefficient (Wildman–Crippen LogP) is 2.71. The Labute approximate surface area is 150 Å². The summed E-state index contributed by atoms with van der Waals surface area (Å²) in [5, 5.41) is 6.59. The summed E-state index contributed by atoms with van der Waals surface area (Å²) in [5.74, 6) is -0.456. The molecule has 0 fully saturated rings. The second kappa shape index (κ2) is 7.11. The van der Waals surface area contributed by atoms with Gasteiger partial charge in [-0.25, -0.2) is 0 Å². The third-order valence-corrected chi connectivity index (χ3v) is 4.62. The number of esters is 1. The summed E-state index contributed by atoms with van der Waals surface area (Å²) in [7, 11) is 0. The summed E-state index contributed by atoms with van der Waals surface area (Å²) in [6.45, 7) is 5.06. The van der Waals surface area contributed by atoms with E-state index in [1.807, 2.05) is 6.92 Å². The van der Waals surface area contributed by atoms with Gasteiger partial charge in [0.25, 0.3) is 0 Å². The van der Waals surface area contributed by atoms with Crippen LogP contribution in [0, 0.1) is 13.8 Å². The van der Waals surface area contributed by atoms with Gasteiger partial charge in [-0.2, -0.15) is 0 Å². The van der Waals surface area contributed by atoms with Crippen LogP contribution >= 0.6 is 0 Å². The summed E-state index contributed by atoms with van der Waals surface area (Å²) in [5.41, 5.74) is 3.56. The number of ketones is 1. The Bertz CT molecular complexity index is 865. The number of nitrogens with one attached hydrogen (secondary N) is 1. The number of ether oxygens (including phenoxy) is 1. The fourth-order valence-corrected chi connectivity index (χ4v) is 2.98. The van der Waals surface area contributed by atoms with Gasteiger partial charge < -0.3 is 14.6 Å². The number of amides is 1. The third-order valence-electron chi connectivity index (χ3n) is 4.62. The average molecular weight is 356 g/mol. The number of carbonyl (C=O) groups is 3. The van der Waals surface area contributed by atoms with Gasteiger partial charge in [0.1, 0.15) is 5.76 Å². The van der Waals surface area contributed by atoms with Gasteiger partial charge in [-0.05, 0) is 51.0 Å². The standard InChI is InChI=1S/C19H20N2O5/c1-10-15-8-13(4-6-16(15)20-19(10)24)17(22)9-25-18(23)7-5-14-11(2)21-26-12(14)3/h4,6,8,10H,5,7,9H2,1-3H3,(H,20,24)/t10-/m0/s1. The van der Waals surface area contributed by atoms with Crippen molar-refractivity contribution in [1.29, 1.82) is 0 Å². The highest BCUT2D eigenvalue weighted by Gasteiger charge is 2.27. The third kappa shape index (κ3) is 3.51. The smallest absolute Gasteiger partial charge is 0.306 e. The maximum Gasteiger partial charge on any atom is 0.306 e. The first-order valence-electron chi connectivity index (χ1n) is 8.42. The summed E-state index contributed by atoms with van der Waals surface area (Å²) in [6.07, 6.45) is 0.605. The number of carbonyl (C=O) groups excluding carboxylic acids is 3. The molecule has 0 radical (unpaired) electrons. The molecule has 1 aliphatic heterocycles. The number of aryl methyl sites for hydroxylation is 2. The maximum atomic E-state index is 12.3. The molecule has 3 rings (SSSR count). The van der Waals surface area contributed by atoms with Gasteiger partial charge in [0, 0.05) is 23.2 Å². The van der Waals surface area contributed by atoms with Gasteiger partial charge in [-0.15, -0.1) is 0 Å². The molecule has 2 aromatic rings. The number of anilines is 1. The number of hydrogen-bond acceptors (Lipinski definition) is 6. The average Bonchev–Trinajstić information content (AvgIpc) is 3.09. The highest BCUT2D eigenvalue weighted by Crippen LogP contribution is 2.32. The molecule has 1 aliphatic rings. The quantitative estimate of drug-likeness (QED) is 0.631. The van der Waals surface area contributed by atoms with Crippen LogP contribution in [0.4, 0.5) is 5.69 Å². The van der Waals surface area contributed by atoms with Crippen LogP contribution < -0.4 is 5.32 Å². The lowest BCUT2D eigenvalue weighted by Gasteiger charge is -2.07. The van der Waals surface area contributed by atoms with Crippen LogP contribution in [0.1, 0.15) is 52.2 Å². The number of rotatable bonds is 6. The van der Waals surface area contributed by atoms with Crippen molar-refractivity contribution < 1.29 is 23.6 Å². The van der Waals surface area contributed by atoms with E-state index in [2.05, 4.69) is 10.5 Å². The van der Waals surface area contributed by atoms with E-state index in [-0.39, 0.29) is 30.6 Å². The zero-order chi connectivity index (χ0) is 18.8. The van der Waals surface area contributed by atoms with E-state index in [9.17, 15) is 14.4 Å². The molecule has 1 amide bonds. The summed E-state index contributed by atoms with van der Waals surface area (Å²) in [4.78, 5) is 35.8. The van der Waals surface area contributed by atoms with Crippen LogP contribution in [0.2, 0.25) is 0 Å². The van der Waals surface area contributed by atoms with Crippen LogP contribution in [0.5, 0.6) is 0 Å². The zero-order valence-corrected chi connectivity index (χ0v) is 14.9. The van der Waals surface area contributed by atoms with Crippen LogP contribution in [-0.2, 0) is 20.7 Å². The van der Waals surface area contributed by atoms with Crippen LogP contribution in [-0.4, -0.2) is 29.4 Å². The first-order chi connectivity index (χ1) is 12.4. The van der Waals surface area contributed by atoms with Crippen molar-refractivity contribution in [3.63, 3.8) is 0 Å². The first kappa shape index (κ1) is 17.8. The topological polar surface area (TPSA) is 98.5 Å². The molecular weight excluding hydrogens is 336 g/mol. The monoisotopic (exact) mass is 356 g/mol. The van der Waals surface area contributed by atoms with Crippen molar-refractivity contribution in [2.75, 3.05) is 11.9 Å². The SMILES string of the molecule is Cc1noc(C)c1CCC(=O)OCC(=O)c1ccc2c(c1)[C@H](C)C(=O)N2. The normalized spacial score (nSPS) is 15.5. The fraction of sp³-hybridized carbons (Fsp3) is 0.368. The Morgan fingerprint density at radius 2 is 2.08 bits per heavy atom. The van der Waals surface area contributed by atoms with E-state index < -0.39 is 5.97 Å². The van der Waals surface area contributed by atoms with E-state index in [0.29, 0.717) is 17.7 Å². The van der Waals surface area contributed by atoms with E-state index in [1.165, 1.54) is 0 Å². The summed E-state index contributed by atoms with van der Waals surface area (Å²) < 4.78 is 10.1. The minimum atomic E-state index is -0.454. The molecule has 2 heterocycles. The van der Waals surface area contributed by atoms with Crippen LogP contribution in [0.15, 0.2) is 22.7 Å². The molecule has 0 bridgehead atoms. The molecule has 1 aromatic heterocycles. The summed E-state index contributed by atoms with van der Waals surface area (Å²) in [6, 6.07) is 5.00. The molecule has 1 aromatic carbocycles. The van der Waals surface area contributed by atoms with Crippen LogP contribution in [0.3, 0.4) is 0 Å². The van der Waals surface area contributed by atoms with Gasteiger partial charge in [0.15, 0.2) is 12.4 Å². The zero-order valence-electron chi connectivity index (χ0n) is 14.9. The largest absolute Gasteiger partial charge is 0.457 e. The maximum absolute atomic E-state index is 12.3. The molecule has 7 heteroatoms. The number of hydrogen-bond donors (Lipinski definition) is 1. The first-order valence-corrected chi connectivity index (χ1v) is 8.42. The molecule has 0 saturated heterocycles. The molecule has 136 valence electrons. The Hall–Kier alpha value is -2.96. The number of aromatic nitrogens is 1. The lowest BCUT2D eigenvalue weighted by Crippen LogP contribution is -2.15. The Morgan fingerprint density at radius 3 is 2.77 bits per heavy atom. The number of Topliss-reactive ketones (excluding diaryl/α,β-unsaturated/α-hetero) is 1. The molecule has 0 aliphatic carbocycles. The molecular formula is C19H20N2O5.